The van der Waals surface area contributed by atoms with Gasteiger partial charge in [0.25, 0.3) is 5.91 Å². The van der Waals surface area contributed by atoms with Crippen LogP contribution < -0.4 is 5.32 Å². The second-order valence-corrected chi connectivity index (χ2v) is 6.20. The zero-order valence-corrected chi connectivity index (χ0v) is 13.7. The van der Waals surface area contributed by atoms with E-state index in [1.54, 1.807) is 19.1 Å². The molecule has 1 N–H and O–H groups in total. The van der Waals surface area contributed by atoms with Gasteiger partial charge in [-0.1, -0.05) is 35.9 Å². The van der Waals surface area contributed by atoms with Gasteiger partial charge in [-0.2, -0.15) is 0 Å². The topological polar surface area (TPSA) is 42.0 Å². The van der Waals surface area contributed by atoms with Gasteiger partial charge in [0.15, 0.2) is 5.13 Å². The number of amides is 1. The van der Waals surface area contributed by atoms with Crippen molar-refractivity contribution in [1.29, 1.82) is 0 Å². The van der Waals surface area contributed by atoms with Crippen molar-refractivity contribution in [1.82, 2.24) is 4.98 Å². The SMILES string of the molecule is Cc1ccc(F)cc1C(=O)Nc1nc(-c2ccccc2Cl)cs1. The Morgan fingerprint density at radius 3 is 2.83 bits per heavy atom. The van der Waals surface area contributed by atoms with E-state index in [9.17, 15) is 9.18 Å². The van der Waals surface area contributed by atoms with Crippen LogP contribution in [0.1, 0.15) is 15.9 Å². The van der Waals surface area contributed by atoms with Crippen molar-refractivity contribution in [2.75, 3.05) is 5.32 Å². The second-order valence-electron chi connectivity index (χ2n) is 4.93. The molecular formula is C17H12ClFN2OS. The number of thiazole rings is 1. The fourth-order valence-electron chi connectivity index (χ4n) is 2.13. The zero-order chi connectivity index (χ0) is 16.4. The number of aryl methyl sites for hydroxylation is 1. The van der Waals surface area contributed by atoms with Gasteiger partial charge in [-0.25, -0.2) is 9.37 Å². The summed E-state index contributed by atoms with van der Waals surface area (Å²) < 4.78 is 13.3. The molecule has 3 nitrogen and oxygen atoms in total. The Hall–Kier alpha value is -2.24. The molecule has 0 unspecified atom stereocenters. The van der Waals surface area contributed by atoms with Gasteiger partial charge in [-0.3, -0.25) is 10.1 Å². The summed E-state index contributed by atoms with van der Waals surface area (Å²) in [5.41, 5.74) is 2.48. The fraction of sp³-hybridized carbons (Fsp3) is 0.0588. The molecule has 1 amide bonds. The molecule has 0 saturated heterocycles. The molecule has 0 saturated carbocycles. The minimum atomic E-state index is -0.448. The summed E-state index contributed by atoms with van der Waals surface area (Å²) in [6.45, 7) is 1.76. The Morgan fingerprint density at radius 1 is 1.26 bits per heavy atom. The van der Waals surface area contributed by atoms with Crippen molar-refractivity contribution in [2.24, 2.45) is 0 Å². The lowest BCUT2D eigenvalue weighted by Crippen LogP contribution is -2.13. The lowest BCUT2D eigenvalue weighted by atomic mass is 10.1. The van der Waals surface area contributed by atoms with Gasteiger partial charge in [0.1, 0.15) is 5.82 Å². The molecule has 1 aromatic heterocycles. The van der Waals surface area contributed by atoms with Crippen LogP contribution in [0.5, 0.6) is 0 Å². The number of rotatable bonds is 3. The smallest absolute Gasteiger partial charge is 0.257 e. The number of carbonyl (C=O) groups excluding carboxylic acids is 1. The van der Waals surface area contributed by atoms with Gasteiger partial charge in [-0.05, 0) is 30.7 Å². The Morgan fingerprint density at radius 2 is 2.04 bits per heavy atom. The molecule has 1 heterocycles. The van der Waals surface area contributed by atoms with Gasteiger partial charge in [-0.15, -0.1) is 11.3 Å². The minimum absolute atomic E-state index is 0.291. The highest BCUT2D eigenvalue weighted by atomic mass is 35.5. The van der Waals surface area contributed by atoms with Crippen LogP contribution in [0.2, 0.25) is 5.02 Å². The third-order valence-electron chi connectivity index (χ3n) is 3.32. The number of nitrogens with zero attached hydrogens (tertiary/aromatic N) is 1. The van der Waals surface area contributed by atoms with Gasteiger partial charge < -0.3 is 0 Å². The van der Waals surface area contributed by atoms with E-state index in [0.29, 0.717) is 27.0 Å². The van der Waals surface area contributed by atoms with E-state index < -0.39 is 5.82 Å². The summed E-state index contributed by atoms with van der Waals surface area (Å²) in [6, 6.07) is 11.5. The van der Waals surface area contributed by atoms with Crippen molar-refractivity contribution >= 4 is 34.0 Å². The van der Waals surface area contributed by atoms with Crippen LogP contribution in [0.25, 0.3) is 11.3 Å². The number of carbonyl (C=O) groups is 1. The Labute approximate surface area is 141 Å². The molecule has 0 spiro atoms. The Kier molecular flexibility index (Phi) is 4.41. The van der Waals surface area contributed by atoms with Crippen molar-refractivity contribution in [3.8, 4) is 11.3 Å². The zero-order valence-electron chi connectivity index (χ0n) is 12.1. The molecule has 6 heteroatoms. The molecule has 3 rings (SSSR count). The summed E-state index contributed by atoms with van der Waals surface area (Å²) in [5.74, 6) is -0.835. The number of hydrogen-bond acceptors (Lipinski definition) is 3. The monoisotopic (exact) mass is 346 g/mol. The molecule has 0 bridgehead atoms. The highest BCUT2D eigenvalue weighted by Gasteiger charge is 2.13. The van der Waals surface area contributed by atoms with Crippen LogP contribution in [0.4, 0.5) is 9.52 Å². The Bertz CT molecular complexity index is 879. The van der Waals surface area contributed by atoms with Crippen LogP contribution in [-0.2, 0) is 0 Å². The number of anilines is 1. The molecule has 0 fully saturated rings. The first-order valence-electron chi connectivity index (χ1n) is 6.82. The van der Waals surface area contributed by atoms with Crippen LogP contribution in [-0.4, -0.2) is 10.9 Å². The molecule has 0 aliphatic heterocycles. The first-order chi connectivity index (χ1) is 11.0. The summed E-state index contributed by atoms with van der Waals surface area (Å²) >= 11 is 7.43. The number of nitrogens with one attached hydrogen (secondary N) is 1. The molecule has 2 aromatic carbocycles. The van der Waals surface area contributed by atoms with Crippen LogP contribution in [0.15, 0.2) is 47.8 Å². The fourth-order valence-corrected chi connectivity index (χ4v) is 3.07. The van der Waals surface area contributed by atoms with E-state index in [-0.39, 0.29) is 5.91 Å². The summed E-state index contributed by atoms with van der Waals surface area (Å²) in [5, 5.41) is 5.54. The predicted octanol–water partition coefficient (Wildman–Crippen LogP) is 5.16. The van der Waals surface area contributed by atoms with E-state index in [2.05, 4.69) is 10.3 Å². The maximum Gasteiger partial charge on any atom is 0.257 e. The largest absolute Gasteiger partial charge is 0.298 e. The summed E-state index contributed by atoms with van der Waals surface area (Å²) in [6.07, 6.45) is 0. The maximum absolute atomic E-state index is 13.3. The van der Waals surface area contributed by atoms with E-state index in [0.717, 1.165) is 5.56 Å². The van der Waals surface area contributed by atoms with Gasteiger partial charge >= 0.3 is 0 Å². The molecule has 116 valence electrons. The first kappa shape index (κ1) is 15.6. The number of halogens is 2. The van der Waals surface area contributed by atoms with E-state index in [1.807, 2.05) is 23.6 Å². The molecule has 0 aliphatic carbocycles. The summed E-state index contributed by atoms with van der Waals surface area (Å²) in [7, 11) is 0. The molecule has 23 heavy (non-hydrogen) atoms. The van der Waals surface area contributed by atoms with E-state index in [4.69, 9.17) is 11.6 Å². The highest BCUT2D eigenvalue weighted by molar-refractivity contribution is 7.14. The number of aromatic nitrogens is 1. The van der Waals surface area contributed by atoms with Gasteiger partial charge in [0.05, 0.1) is 5.69 Å². The first-order valence-corrected chi connectivity index (χ1v) is 8.08. The molecule has 0 atom stereocenters. The predicted molar refractivity (Wildman–Crippen MR) is 91.7 cm³/mol. The normalized spacial score (nSPS) is 10.6. The van der Waals surface area contributed by atoms with E-state index >= 15 is 0 Å². The van der Waals surface area contributed by atoms with Gasteiger partial charge in [0.2, 0.25) is 0 Å². The average molecular weight is 347 g/mol. The lowest BCUT2D eigenvalue weighted by Gasteiger charge is -2.05. The number of hydrogen-bond donors (Lipinski definition) is 1. The third kappa shape index (κ3) is 3.41. The quantitative estimate of drug-likeness (QED) is 0.711. The minimum Gasteiger partial charge on any atom is -0.298 e. The van der Waals surface area contributed by atoms with Crippen molar-refractivity contribution < 1.29 is 9.18 Å². The highest BCUT2D eigenvalue weighted by Crippen LogP contribution is 2.30. The molecule has 0 radical (unpaired) electrons. The van der Waals surface area contributed by atoms with Crippen LogP contribution in [0.3, 0.4) is 0 Å². The maximum atomic E-state index is 13.3. The summed E-state index contributed by atoms with van der Waals surface area (Å²) in [4.78, 5) is 16.6. The lowest BCUT2D eigenvalue weighted by molar-refractivity contribution is 0.102. The Balaban J connectivity index is 1.83. The van der Waals surface area contributed by atoms with Crippen molar-refractivity contribution in [3.63, 3.8) is 0 Å². The van der Waals surface area contributed by atoms with Crippen LogP contribution in [0, 0.1) is 12.7 Å². The van der Waals surface area contributed by atoms with Crippen molar-refractivity contribution in [2.45, 2.75) is 6.92 Å². The second kappa shape index (κ2) is 6.48. The average Bonchev–Trinajstić information content (AvgIpc) is 2.98. The van der Waals surface area contributed by atoms with Crippen molar-refractivity contribution in [3.05, 3.63) is 69.8 Å². The molecular weight excluding hydrogens is 335 g/mol. The standard InChI is InChI=1S/C17H12ClFN2OS/c1-10-6-7-11(19)8-13(10)16(22)21-17-20-15(9-23-17)12-4-2-3-5-14(12)18/h2-9H,1H3,(H,20,21,22). The van der Waals surface area contributed by atoms with E-state index in [1.165, 1.54) is 23.5 Å². The van der Waals surface area contributed by atoms with Gasteiger partial charge in [0, 0.05) is 21.5 Å². The van der Waals surface area contributed by atoms with Crippen LogP contribution >= 0.6 is 22.9 Å². The molecule has 3 aromatic rings. The molecule has 0 aliphatic rings. The third-order valence-corrected chi connectivity index (χ3v) is 4.41. The number of benzene rings is 2.